The number of hydrogen-bond acceptors (Lipinski definition) is 1. The van der Waals surface area contributed by atoms with E-state index in [-0.39, 0.29) is 63.6 Å². The van der Waals surface area contributed by atoms with Crippen molar-refractivity contribution in [3.8, 4) is 5.75 Å². The van der Waals surface area contributed by atoms with Gasteiger partial charge in [0.15, 0.2) is 0 Å². The summed E-state index contributed by atoms with van der Waals surface area (Å²) < 4.78 is 0. The van der Waals surface area contributed by atoms with Crippen molar-refractivity contribution >= 4 is 0 Å². The van der Waals surface area contributed by atoms with Crippen molar-refractivity contribution in [3.05, 3.63) is 87.0 Å². The second kappa shape index (κ2) is 15.3. The van der Waals surface area contributed by atoms with Gasteiger partial charge in [-0.25, -0.2) is 0 Å². The molecule has 5 rings (SSSR count). The van der Waals surface area contributed by atoms with E-state index < -0.39 is 0 Å². The largest absolute Gasteiger partial charge is 3.00 e. The Labute approximate surface area is 265 Å². The van der Waals surface area contributed by atoms with Crippen LogP contribution in [0.2, 0.25) is 0 Å². The first-order valence-corrected chi connectivity index (χ1v) is 14.8. The fourth-order valence-corrected chi connectivity index (χ4v) is 7.32. The van der Waals surface area contributed by atoms with Crippen molar-refractivity contribution in [2.24, 2.45) is 0 Å². The minimum absolute atomic E-state index is 0. The van der Waals surface area contributed by atoms with Crippen LogP contribution in [0.25, 0.3) is 0 Å². The van der Waals surface area contributed by atoms with Gasteiger partial charge in [0.1, 0.15) is 0 Å². The molecule has 3 aliphatic carbocycles. The molecular weight excluding hydrogens is 555 g/mol. The third-order valence-corrected chi connectivity index (χ3v) is 9.32. The van der Waals surface area contributed by atoms with Crippen LogP contribution in [0.5, 0.6) is 5.75 Å². The van der Waals surface area contributed by atoms with Crippen molar-refractivity contribution in [1.29, 1.82) is 0 Å². The average molecular weight is 601 g/mol. The fourth-order valence-electron chi connectivity index (χ4n) is 7.32. The molecule has 2 aromatic rings. The third kappa shape index (κ3) is 7.27. The standard InChI is InChI=1S/C35H46O.2ClH.Ti/c1-25-23-31(34(36)32(24-25)35(2,3)26-17-11-10-12-18-26)33-29-21-14-9-7-5-4-6-8-13-19-27(29)28-20-15-16-22-30(28)33;;;/h10-12,17-18,23-24,33,36H,4-9,13-16,19-22H2,1-3H3;2*1H;/q;;;+3/p-3. The Balaban J connectivity index is 0.00000178. The van der Waals surface area contributed by atoms with Crippen molar-refractivity contribution in [3.63, 3.8) is 0 Å². The maximum Gasteiger partial charge on any atom is 3.00 e. The molecule has 1 atom stereocenters. The van der Waals surface area contributed by atoms with Crippen LogP contribution in [-0.2, 0) is 27.1 Å². The van der Waals surface area contributed by atoms with Gasteiger partial charge < -0.3 is 29.9 Å². The summed E-state index contributed by atoms with van der Waals surface area (Å²) in [5.74, 6) is 0.521. The molecule has 0 saturated carbocycles. The Bertz CT molecular complexity index is 1150. The summed E-state index contributed by atoms with van der Waals surface area (Å²) in [7, 11) is 0. The van der Waals surface area contributed by atoms with E-state index in [0.29, 0.717) is 0 Å². The number of benzene rings is 2. The predicted molar refractivity (Wildman–Crippen MR) is 151 cm³/mol. The maximum atomic E-state index is 14.4. The Morgan fingerprint density at radius 1 is 0.667 bits per heavy atom. The van der Waals surface area contributed by atoms with Gasteiger partial charge in [0, 0.05) is 11.3 Å². The molecule has 0 fully saturated rings. The molecule has 0 N–H and O–H groups in total. The van der Waals surface area contributed by atoms with Crippen LogP contribution in [0.1, 0.15) is 132 Å². The van der Waals surface area contributed by atoms with Crippen LogP contribution >= 0.6 is 0 Å². The summed E-state index contributed by atoms with van der Waals surface area (Å²) >= 11 is 0. The molecule has 3 aliphatic rings. The number of halogens is 2. The van der Waals surface area contributed by atoms with Crippen LogP contribution in [0, 0.1) is 6.92 Å². The molecular formula is C35H45Cl2OTi. The van der Waals surface area contributed by atoms with Crippen molar-refractivity contribution < 1.29 is 51.6 Å². The van der Waals surface area contributed by atoms with Gasteiger partial charge in [-0.05, 0) is 86.1 Å². The number of aryl methyl sites for hydroxylation is 1. The molecule has 1 unspecified atom stereocenters. The Morgan fingerprint density at radius 2 is 1.13 bits per heavy atom. The molecule has 39 heavy (non-hydrogen) atoms. The number of hydrogen-bond donors (Lipinski definition) is 0. The predicted octanol–water partition coefficient (Wildman–Crippen LogP) is 3.58. The summed E-state index contributed by atoms with van der Waals surface area (Å²) in [5.41, 5.74) is 10.8. The SMILES string of the molecule is Cc1cc(C2C3=C(CCCCCCCCCC3)C3=C2CCCC3)c([O-])c(C(C)(C)c2ccccc2)c1.[Cl-].[Cl-].[Ti+3]. The molecule has 0 saturated heterocycles. The zero-order chi connectivity index (χ0) is 25.1. The zero-order valence-electron chi connectivity index (χ0n) is 24.2. The summed E-state index contributed by atoms with van der Waals surface area (Å²) in [6.07, 6.45) is 18.2. The average Bonchev–Trinajstić information content (AvgIpc) is 3.18. The summed E-state index contributed by atoms with van der Waals surface area (Å²) in [5, 5.41) is 14.4. The van der Waals surface area contributed by atoms with E-state index in [9.17, 15) is 5.11 Å². The van der Waals surface area contributed by atoms with Gasteiger partial charge in [0.25, 0.3) is 0 Å². The molecule has 1 nitrogen and oxygen atoms in total. The smallest absolute Gasteiger partial charge is 1.00 e. The first kappa shape index (κ1) is 34.2. The maximum absolute atomic E-state index is 14.4. The minimum Gasteiger partial charge on any atom is -1.00 e. The van der Waals surface area contributed by atoms with Gasteiger partial charge in [-0.3, -0.25) is 0 Å². The molecule has 1 radical (unpaired) electrons. The van der Waals surface area contributed by atoms with Crippen molar-refractivity contribution in [2.75, 3.05) is 0 Å². The molecule has 209 valence electrons. The molecule has 0 amide bonds. The summed E-state index contributed by atoms with van der Waals surface area (Å²) in [6, 6.07) is 15.0. The Morgan fingerprint density at radius 3 is 1.69 bits per heavy atom. The summed E-state index contributed by atoms with van der Waals surface area (Å²) in [6.45, 7) is 6.64. The van der Waals surface area contributed by atoms with E-state index in [4.69, 9.17) is 0 Å². The van der Waals surface area contributed by atoms with Gasteiger partial charge in [-0.2, -0.15) is 0 Å². The van der Waals surface area contributed by atoms with Gasteiger partial charge in [-0.1, -0.05) is 112 Å². The van der Waals surface area contributed by atoms with E-state index in [0.717, 1.165) is 11.1 Å². The van der Waals surface area contributed by atoms with E-state index in [1.54, 1.807) is 22.3 Å². The van der Waals surface area contributed by atoms with Crippen LogP contribution in [0.4, 0.5) is 0 Å². The monoisotopic (exact) mass is 599 g/mol. The van der Waals surface area contributed by atoms with Crippen molar-refractivity contribution in [2.45, 2.75) is 122 Å². The number of allylic oxidation sites excluding steroid dienone is 4. The molecule has 4 heteroatoms. The van der Waals surface area contributed by atoms with E-state index in [2.05, 4.69) is 63.2 Å². The Kier molecular flexibility index (Phi) is 13.4. The molecule has 2 aromatic carbocycles. The molecule has 0 heterocycles. The van der Waals surface area contributed by atoms with Crippen molar-refractivity contribution in [1.82, 2.24) is 0 Å². The summed E-state index contributed by atoms with van der Waals surface area (Å²) in [4.78, 5) is 0. The number of rotatable bonds is 3. The van der Waals surface area contributed by atoms with Gasteiger partial charge in [0.2, 0.25) is 0 Å². The van der Waals surface area contributed by atoms with Crippen LogP contribution < -0.4 is 29.9 Å². The van der Waals surface area contributed by atoms with E-state index in [1.807, 2.05) is 0 Å². The normalized spacial score (nSPS) is 20.3. The van der Waals surface area contributed by atoms with E-state index >= 15 is 0 Å². The second-order valence-corrected chi connectivity index (χ2v) is 12.2. The Hall–Kier alpha value is -0.986. The van der Waals surface area contributed by atoms with Crippen LogP contribution in [-0.4, -0.2) is 0 Å². The van der Waals surface area contributed by atoms with Crippen LogP contribution in [0.3, 0.4) is 0 Å². The number of fused-ring (bicyclic) bond motifs is 1. The molecule has 0 aromatic heterocycles. The van der Waals surface area contributed by atoms with E-state index in [1.165, 1.54) is 101 Å². The first-order chi connectivity index (χ1) is 17.5. The zero-order valence-corrected chi connectivity index (χ0v) is 27.3. The quantitative estimate of drug-likeness (QED) is 0.495. The fraction of sp³-hybridized carbons (Fsp3) is 0.543. The topological polar surface area (TPSA) is 23.1 Å². The van der Waals surface area contributed by atoms with Gasteiger partial charge in [-0.15, -0.1) is 5.75 Å². The van der Waals surface area contributed by atoms with Crippen LogP contribution in [0.15, 0.2) is 64.8 Å². The minimum atomic E-state index is -0.314. The molecule has 0 spiro atoms. The first-order valence-electron chi connectivity index (χ1n) is 14.8. The van der Waals surface area contributed by atoms with Gasteiger partial charge >= 0.3 is 21.7 Å². The third-order valence-electron chi connectivity index (χ3n) is 9.32. The second-order valence-electron chi connectivity index (χ2n) is 12.2. The molecule has 0 aliphatic heterocycles. The molecule has 0 bridgehead atoms. The van der Waals surface area contributed by atoms with Gasteiger partial charge in [0.05, 0.1) is 0 Å².